The maximum absolute atomic E-state index is 13.0. The molecule has 4 aromatic rings. The van der Waals surface area contributed by atoms with E-state index < -0.39 is 17.7 Å². The highest BCUT2D eigenvalue weighted by Crippen LogP contribution is 2.19. The molecule has 7 nitrogen and oxygen atoms in total. The van der Waals surface area contributed by atoms with Crippen LogP contribution in [0.5, 0.6) is 0 Å². The molecule has 4 rings (SSSR count). The molecular formula is C25H20N2O5. The molecular weight excluding hydrogens is 408 g/mol. The van der Waals surface area contributed by atoms with Gasteiger partial charge in [-0.2, -0.15) is 4.68 Å². The number of ether oxygens (including phenoxy) is 2. The number of aromatic nitrogens is 2. The van der Waals surface area contributed by atoms with Crippen molar-refractivity contribution in [3.63, 3.8) is 0 Å². The zero-order valence-corrected chi connectivity index (χ0v) is 17.1. The summed E-state index contributed by atoms with van der Waals surface area (Å²) in [7, 11) is 0. The Bertz CT molecular complexity index is 1260. The van der Waals surface area contributed by atoms with Crippen LogP contribution >= 0.6 is 0 Å². The minimum atomic E-state index is -0.974. The first kappa shape index (κ1) is 20.9. The molecule has 160 valence electrons. The average Bonchev–Trinajstić information content (AvgIpc) is 3.20. The lowest BCUT2D eigenvalue weighted by Gasteiger charge is -2.13. The summed E-state index contributed by atoms with van der Waals surface area (Å²) in [5.41, 5.74) is 1.64. The molecule has 0 aliphatic rings. The second-order valence-corrected chi connectivity index (χ2v) is 6.94. The summed E-state index contributed by atoms with van der Waals surface area (Å²) in [6, 6.07) is 28.2. The molecule has 1 heterocycles. The van der Waals surface area contributed by atoms with Crippen LogP contribution in [0.2, 0.25) is 0 Å². The van der Waals surface area contributed by atoms with Crippen molar-refractivity contribution in [2.45, 2.75) is 13.2 Å². The normalized spacial score (nSPS) is 10.5. The second-order valence-electron chi connectivity index (χ2n) is 6.94. The molecule has 3 aromatic carbocycles. The molecule has 0 amide bonds. The number of nitrogens with zero attached hydrogens (tertiary/aromatic N) is 2. The highest BCUT2D eigenvalue weighted by Gasteiger charge is 2.25. The molecule has 7 heteroatoms. The third-order valence-electron chi connectivity index (χ3n) is 4.72. The van der Waals surface area contributed by atoms with Crippen molar-refractivity contribution in [2.75, 3.05) is 0 Å². The molecule has 0 N–H and O–H groups in total. The Hall–Kier alpha value is -4.39. The van der Waals surface area contributed by atoms with Crippen molar-refractivity contribution in [1.29, 1.82) is 0 Å². The zero-order chi connectivity index (χ0) is 22.3. The number of rotatable bonds is 5. The van der Waals surface area contributed by atoms with Crippen LogP contribution in [0.1, 0.15) is 11.1 Å². The Kier molecular flexibility index (Phi) is 6.27. The highest BCUT2D eigenvalue weighted by atomic mass is 16.6. The van der Waals surface area contributed by atoms with Crippen LogP contribution in [0.15, 0.2) is 102 Å². The van der Waals surface area contributed by atoms with Crippen molar-refractivity contribution in [2.24, 2.45) is 0 Å². The van der Waals surface area contributed by atoms with Crippen LogP contribution in [-0.2, 0) is 22.7 Å². The average molecular weight is 428 g/mol. The van der Waals surface area contributed by atoms with Gasteiger partial charge in [0.1, 0.15) is 13.2 Å². The number of carbonyl (C=O) groups excluding carboxylic acids is 2. The largest absolute Gasteiger partial charge is 0.443 e. The lowest BCUT2D eigenvalue weighted by atomic mass is 10.1. The molecule has 0 aliphatic heterocycles. The quantitative estimate of drug-likeness (QED) is 0.461. The topological polar surface area (TPSA) is 79.5 Å². The fourth-order valence-electron chi connectivity index (χ4n) is 3.17. The van der Waals surface area contributed by atoms with E-state index in [0.29, 0.717) is 10.2 Å². The predicted molar refractivity (Wildman–Crippen MR) is 118 cm³/mol. The van der Waals surface area contributed by atoms with Gasteiger partial charge in [0.25, 0.3) is 5.56 Å². The van der Waals surface area contributed by atoms with Gasteiger partial charge in [-0.05, 0) is 11.1 Å². The van der Waals surface area contributed by atoms with E-state index in [9.17, 15) is 14.4 Å². The van der Waals surface area contributed by atoms with Gasteiger partial charge in [0.15, 0.2) is 0 Å². The number of carbonyl (C=O) groups is 2. The van der Waals surface area contributed by atoms with E-state index in [1.54, 1.807) is 36.4 Å². The van der Waals surface area contributed by atoms with E-state index in [-0.39, 0.29) is 18.9 Å². The fraction of sp³-hybridized carbons (Fsp3) is 0.0800. The molecule has 0 unspecified atom stereocenters. The maximum Gasteiger partial charge on any atom is 0.437 e. The SMILES string of the molecule is O=C(OCc1ccccc1)n1c(-c2ccccc2)cc(=O)n1C(=O)OCc1ccccc1. The van der Waals surface area contributed by atoms with Gasteiger partial charge in [0.2, 0.25) is 0 Å². The summed E-state index contributed by atoms with van der Waals surface area (Å²) >= 11 is 0. The zero-order valence-electron chi connectivity index (χ0n) is 17.1. The van der Waals surface area contributed by atoms with Crippen molar-refractivity contribution in [1.82, 2.24) is 9.36 Å². The van der Waals surface area contributed by atoms with Gasteiger partial charge in [0.05, 0.1) is 5.69 Å². The fourth-order valence-corrected chi connectivity index (χ4v) is 3.17. The van der Waals surface area contributed by atoms with Gasteiger partial charge in [-0.15, -0.1) is 4.68 Å². The lowest BCUT2D eigenvalue weighted by Crippen LogP contribution is -2.34. The van der Waals surface area contributed by atoms with Gasteiger partial charge in [-0.3, -0.25) is 4.79 Å². The lowest BCUT2D eigenvalue weighted by molar-refractivity contribution is 0.117. The second kappa shape index (κ2) is 9.61. The summed E-state index contributed by atoms with van der Waals surface area (Å²) in [5, 5.41) is 0. The molecule has 0 saturated heterocycles. The maximum atomic E-state index is 13.0. The van der Waals surface area contributed by atoms with Crippen molar-refractivity contribution < 1.29 is 19.1 Å². The third kappa shape index (κ3) is 4.67. The summed E-state index contributed by atoms with van der Waals surface area (Å²) in [5.74, 6) is 0. The molecule has 0 fully saturated rings. The first-order valence-corrected chi connectivity index (χ1v) is 9.96. The van der Waals surface area contributed by atoms with E-state index >= 15 is 0 Å². The van der Waals surface area contributed by atoms with Crippen LogP contribution < -0.4 is 5.56 Å². The van der Waals surface area contributed by atoms with Crippen LogP contribution in [0.4, 0.5) is 9.59 Å². The number of hydrogen-bond donors (Lipinski definition) is 0. The van der Waals surface area contributed by atoms with E-state index in [4.69, 9.17) is 9.47 Å². The number of benzene rings is 3. The molecule has 0 aliphatic carbocycles. The smallest absolute Gasteiger partial charge is 0.437 e. The van der Waals surface area contributed by atoms with Crippen molar-refractivity contribution in [3.8, 4) is 11.3 Å². The van der Waals surface area contributed by atoms with Crippen LogP contribution in [-0.4, -0.2) is 21.6 Å². The molecule has 0 radical (unpaired) electrons. The summed E-state index contributed by atoms with van der Waals surface area (Å²) in [6.45, 7) is -0.0592. The highest BCUT2D eigenvalue weighted by molar-refractivity contribution is 5.82. The Balaban J connectivity index is 1.66. The minimum absolute atomic E-state index is 0.0145. The van der Waals surface area contributed by atoms with Gasteiger partial charge < -0.3 is 9.47 Å². The summed E-state index contributed by atoms with van der Waals surface area (Å²) in [6.07, 6.45) is -1.84. The first-order chi connectivity index (χ1) is 15.6. The van der Waals surface area contributed by atoms with Crippen LogP contribution in [0.25, 0.3) is 11.3 Å². The minimum Gasteiger partial charge on any atom is -0.443 e. The molecule has 0 spiro atoms. The van der Waals surface area contributed by atoms with E-state index in [1.165, 1.54) is 6.07 Å². The third-order valence-corrected chi connectivity index (χ3v) is 4.72. The molecule has 1 aromatic heterocycles. The standard InChI is InChI=1S/C25H20N2O5/c28-23-16-22(21-14-8-3-9-15-21)26(24(29)31-17-19-10-4-1-5-11-19)27(23)25(30)32-18-20-12-6-2-7-13-20/h1-16H,17-18H2. The Morgan fingerprint density at radius 2 is 1.06 bits per heavy atom. The van der Waals surface area contributed by atoms with Gasteiger partial charge in [0, 0.05) is 11.6 Å². The van der Waals surface area contributed by atoms with E-state index in [0.717, 1.165) is 15.8 Å². The van der Waals surface area contributed by atoms with Crippen molar-refractivity contribution in [3.05, 3.63) is 119 Å². The molecule has 0 saturated carbocycles. The van der Waals surface area contributed by atoms with Crippen LogP contribution in [0, 0.1) is 0 Å². The van der Waals surface area contributed by atoms with Gasteiger partial charge >= 0.3 is 12.2 Å². The summed E-state index contributed by atoms with van der Waals surface area (Å²) in [4.78, 5) is 38.5. The van der Waals surface area contributed by atoms with Gasteiger partial charge in [-0.25, -0.2) is 9.59 Å². The monoisotopic (exact) mass is 428 g/mol. The molecule has 0 atom stereocenters. The van der Waals surface area contributed by atoms with Gasteiger partial charge in [-0.1, -0.05) is 91.0 Å². The first-order valence-electron chi connectivity index (χ1n) is 9.96. The molecule has 0 bridgehead atoms. The Labute approximate surface area is 184 Å². The molecule has 32 heavy (non-hydrogen) atoms. The summed E-state index contributed by atoms with van der Waals surface area (Å²) < 4.78 is 12.3. The Morgan fingerprint density at radius 1 is 0.625 bits per heavy atom. The van der Waals surface area contributed by atoms with E-state index in [1.807, 2.05) is 54.6 Å². The Morgan fingerprint density at radius 3 is 1.56 bits per heavy atom. The van der Waals surface area contributed by atoms with Crippen molar-refractivity contribution >= 4 is 12.2 Å². The predicted octanol–water partition coefficient (Wildman–Crippen LogP) is 4.69. The number of hydrogen-bond acceptors (Lipinski definition) is 5. The van der Waals surface area contributed by atoms with E-state index in [2.05, 4.69) is 0 Å². The van der Waals surface area contributed by atoms with Crippen LogP contribution in [0.3, 0.4) is 0 Å².